The second kappa shape index (κ2) is 3.91. The number of halogens is 1. The van der Waals surface area contributed by atoms with E-state index in [-0.39, 0.29) is 12.4 Å². The van der Waals surface area contributed by atoms with Crippen LogP contribution in [-0.4, -0.2) is 16.8 Å². The molecular formula is C11H15BrO2. The Labute approximate surface area is 92.7 Å². The third kappa shape index (κ3) is 2.10. The number of phenolic OH excluding ortho intramolecular Hbond substituents is 1. The first-order chi connectivity index (χ1) is 6.38. The van der Waals surface area contributed by atoms with Crippen molar-refractivity contribution in [2.45, 2.75) is 26.2 Å². The molecule has 0 aromatic heterocycles. The van der Waals surface area contributed by atoms with Crippen molar-refractivity contribution in [2.75, 3.05) is 6.61 Å². The van der Waals surface area contributed by atoms with Crippen molar-refractivity contribution < 1.29 is 10.2 Å². The predicted molar refractivity (Wildman–Crippen MR) is 60.7 cm³/mol. The molecule has 14 heavy (non-hydrogen) atoms. The Bertz CT molecular complexity index is 345. The lowest BCUT2D eigenvalue weighted by molar-refractivity contribution is 0.215. The molecule has 1 aromatic carbocycles. The molecule has 1 aromatic rings. The van der Waals surface area contributed by atoms with Crippen molar-refractivity contribution >= 4 is 15.9 Å². The van der Waals surface area contributed by atoms with Gasteiger partial charge in [0.2, 0.25) is 0 Å². The highest BCUT2D eigenvalue weighted by Crippen LogP contribution is 2.35. The van der Waals surface area contributed by atoms with Gasteiger partial charge in [-0.05, 0) is 24.6 Å². The molecule has 0 spiro atoms. The van der Waals surface area contributed by atoms with Crippen molar-refractivity contribution in [1.82, 2.24) is 0 Å². The molecule has 0 fully saturated rings. The van der Waals surface area contributed by atoms with E-state index in [0.29, 0.717) is 0 Å². The summed E-state index contributed by atoms with van der Waals surface area (Å²) in [5, 5.41) is 19.1. The maximum Gasteiger partial charge on any atom is 0.122 e. The Morgan fingerprint density at radius 1 is 1.36 bits per heavy atom. The molecule has 0 aliphatic carbocycles. The third-order valence-corrected chi connectivity index (χ3v) is 2.85. The SMILES string of the molecule is Cc1cc(Br)cc(C(C)(C)CO)c1O. The first-order valence-electron chi connectivity index (χ1n) is 4.49. The first kappa shape index (κ1) is 11.5. The van der Waals surface area contributed by atoms with Crippen LogP contribution < -0.4 is 0 Å². The monoisotopic (exact) mass is 258 g/mol. The second-order valence-corrected chi connectivity index (χ2v) is 5.08. The van der Waals surface area contributed by atoms with Gasteiger partial charge >= 0.3 is 0 Å². The first-order valence-corrected chi connectivity index (χ1v) is 5.28. The van der Waals surface area contributed by atoms with E-state index in [1.807, 2.05) is 32.9 Å². The van der Waals surface area contributed by atoms with Crippen LogP contribution in [0.3, 0.4) is 0 Å². The molecule has 3 heteroatoms. The molecule has 0 aliphatic heterocycles. The number of phenols is 1. The van der Waals surface area contributed by atoms with Gasteiger partial charge in [0.1, 0.15) is 5.75 Å². The van der Waals surface area contributed by atoms with Crippen LogP contribution in [0.15, 0.2) is 16.6 Å². The minimum atomic E-state index is -0.418. The lowest BCUT2D eigenvalue weighted by atomic mass is 9.84. The van der Waals surface area contributed by atoms with Crippen molar-refractivity contribution in [3.8, 4) is 5.75 Å². The van der Waals surface area contributed by atoms with E-state index in [0.717, 1.165) is 15.6 Å². The molecule has 78 valence electrons. The van der Waals surface area contributed by atoms with Gasteiger partial charge in [-0.15, -0.1) is 0 Å². The number of aryl methyl sites for hydroxylation is 1. The maximum absolute atomic E-state index is 9.86. The molecule has 1 rings (SSSR count). The van der Waals surface area contributed by atoms with Crippen LogP contribution >= 0.6 is 15.9 Å². The number of aliphatic hydroxyl groups excluding tert-OH is 1. The Kier molecular flexibility index (Phi) is 3.22. The smallest absolute Gasteiger partial charge is 0.122 e. The maximum atomic E-state index is 9.86. The number of hydrogen-bond acceptors (Lipinski definition) is 2. The summed E-state index contributed by atoms with van der Waals surface area (Å²) in [6.07, 6.45) is 0. The summed E-state index contributed by atoms with van der Waals surface area (Å²) >= 11 is 3.38. The van der Waals surface area contributed by atoms with E-state index in [4.69, 9.17) is 0 Å². The standard InChI is InChI=1S/C11H15BrO2/c1-7-4-8(12)5-9(10(7)14)11(2,3)6-13/h4-5,13-14H,6H2,1-3H3. The minimum Gasteiger partial charge on any atom is -0.507 e. The van der Waals surface area contributed by atoms with E-state index in [1.54, 1.807) is 0 Å². The average molecular weight is 259 g/mol. The summed E-state index contributed by atoms with van der Waals surface area (Å²) in [6, 6.07) is 3.70. The van der Waals surface area contributed by atoms with Crippen LogP contribution in [0.5, 0.6) is 5.75 Å². The highest BCUT2D eigenvalue weighted by Gasteiger charge is 2.24. The Morgan fingerprint density at radius 3 is 2.43 bits per heavy atom. The molecule has 0 amide bonds. The van der Waals surface area contributed by atoms with Crippen LogP contribution in [0.2, 0.25) is 0 Å². The van der Waals surface area contributed by atoms with Crippen LogP contribution in [0.25, 0.3) is 0 Å². The van der Waals surface area contributed by atoms with Gasteiger partial charge in [-0.25, -0.2) is 0 Å². The van der Waals surface area contributed by atoms with Crippen molar-refractivity contribution in [2.24, 2.45) is 0 Å². The topological polar surface area (TPSA) is 40.5 Å². The summed E-state index contributed by atoms with van der Waals surface area (Å²) in [5.41, 5.74) is 1.17. The number of hydrogen-bond donors (Lipinski definition) is 2. The zero-order valence-corrected chi connectivity index (χ0v) is 10.2. The van der Waals surface area contributed by atoms with Crippen LogP contribution in [0.1, 0.15) is 25.0 Å². The molecule has 0 unspecified atom stereocenters. The number of aromatic hydroxyl groups is 1. The highest BCUT2D eigenvalue weighted by atomic mass is 79.9. The summed E-state index contributed by atoms with van der Waals surface area (Å²) in [7, 11) is 0. The third-order valence-electron chi connectivity index (χ3n) is 2.39. The molecule has 0 aliphatic rings. The average Bonchev–Trinajstić information content (AvgIpc) is 2.11. The van der Waals surface area contributed by atoms with Gasteiger partial charge in [0.05, 0.1) is 6.61 Å². The van der Waals surface area contributed by atoms with Gasteiger partial charge in [-0.3, -0.25) is 0 Å². The summed E-state index contributed by atoms with van der Waals surface area (Å²) < 4.78 is 0.921. The molecule has 0 saturated carbocycles. The fourth-order valence-corrected chi connectivity index (χ4v) is 1.91. The zero-order valence-electron chi connectivity index (χ0n) is 8.63. The van der Waals surface area contributed by atoms with E-state index in [2.05, 4.69) is 15.9 Å². The number of aliphatic hydroxyl groups is 1. The quantitative estimate of drug-likeness (QED) is 0.857. The van der Waals surface area contributed by atoms with Gasteiger partial charge in [-0.2, -0.15) is 0 Å². The largest absolute Gasteiger partial charge is 0.507 e. The molecule has 0 heterocycles. The van der Waals surface area contributed by atoms with Gasteiger partial charge < -0.3 is 10.2 Å². The van der Waals surface area contributed by atoms with Crippen molar-refractivity contribution in [3.05, 3.63) is 27.7 Å². The molecule has 0 saturated heterocycles. The minimum absolute atomic E-state index is 0.0104. The Hall–Kier alpha value is -0.540. The fraction of sp³-hybridized carbons (Fsp3) is 0.455. The molecule has 2 N–H and O–H groups in total. The van der Waals surface area contributed by atoms with Crippen molar-refractivity contribution in [3.63, 3.8) is 0 Å². The van der Waals surface area contributed by atoms with E-state index in [1.165, 1.54) is 0 Å². The van der Waals surface area contributed by atoms with E-state index < -0.39 is 5.41 Å². The van der Waals surface area contributed by atoms with Crippen LogP contribution in [0.4, 0.5) is 0 Å². The molecule has 0 bridgehead atoms. The second-order valence-electron chi connectivity index (χ2n) is 4.16. The normalized spacial score (nSPS) is 11.8. The highest BCUT2D eigenvalue weighted by molar-refractivity contribution is 9.10. The fourth-order valence-electron chi connectivity index (χ4n) is 1.34. The Balaban J connectivity index is 3.34. The van der Waals surface area contributed by atoms with Crippen molar-refractivity contribution in [1.29, 1.82) is 0 Å². The molecular weight excluding hydrogens is 244 g/mol. The van der Waals surface area contributed by atoms with E-state index in [9.17, 15) is 10.2 Å². The number of benzene rings is 1. The van der Waals surface area contributed by atoms with Gasteiger partial charge in [-0.1, -0.05) is 29.8 Å². The van der Waals surface area contributed by atoms with Gasteiger partial charge in [0, 0.05) is 15.5 Å². The summed E-state index contributed by atoms with van der Waals surface area (Å²) in [5.74, 6) is 0.271. The van der Waals surface area contributed by atoms with Crippen LogP contribution in [0, 0.1) is 6.92 Å². The number of rotatable bonds is 2. The van der Waals surface area contributed by atoms with Crippen LogP contribution in [-0.2, 0) is 5.41 Å². The lowest BCUT2D eigenvalue weighted by Gasteiger charge is -2.24. The Morgan fingerprint density at radius 2 is 1.93 bits per heavy atom. The van der Waals surface area contributed by atoms with E-state index >= 15 is 0 Å². The molecule has 0 atom stereocenters. The molecule has 2 nitrogen and oxygen atoms in total. The molecule has 0 radical (unpaired) electrons. The lowest BCUT2D eigenvalue weighted by Crippen LogP contribution is -2.22. The van der Waals surface area contributed by atoms with Gasteiger partial charge in [0.25, 0.3) is 0 Å². The summed E-state index contributed by atoms with van der Waals surface area (Å²) in [6.45, 7) is 5.65. The predicted octanol–water partition coefficient (Wildman–Crippen LogP) is 2.73. The van der Waals surface area contributed by atoms with Gasteiger partial charge in [0.15, 0.2) is 0 Å². The zero-order chi connectivity index (χ0) is 10.9. The summed E-state index contributed by atoms with van der Waals surface area (Å²) in [4.78, 5) is 0.